The molecule has 4 heteroatoms. The predicted molar refractivity (Wildman–Crippen MR) is 86.0 cm³/mol. The monoisotopic (exact) mass is 280 g/mol. The lowest BCUT2D eigenvalue weighted by atomic mass is 10.1. The summed E-state index contributed by atoms with van der Waals surface area (Å²) in [6, 6.07) is 8.15. The predicted octanol–water partition coefficient (Wildman–Crippen LogP) is 3.95. The molecule has 1 rings (SSSR count). The van der Waals surface area contributed by atoms with Crippen LogP contribution in [0.3, 0.4) is 0 Å². The Morgan fingerprint density at radius 3 is 2.84 bits per heavy atom. The molecule has 0 bridgehead atoms. The molecule has 0 unspecified atom stereocenters. The highest BCUT2D eigenvalue weighted by atomic mass is 32.1. The molecule has 0 aliphatic heterocycles. The Morgan fingerprint density at radius 2 is 2.16 bits per heavy atom. The van der Waals surface area contributed by atoms with Crippen molar-refractivity contribution >= 4 is 23.0 Å². The molecule has 1 aromatic rings. The first-order chi connectivity index (χ1) is 9.15. The van der Waals surface area contributed by atoms with E-state index in [-0.39, 0.29) is 0 Å². The highest BCUT2D eigenvalue weighted by Crippen LogP contribution is 2.16. The maximum Gasteiger partial charge on any atom is 0.170 e. The Kier molecular flexibility index (Phi) is 7.26. The summed E-state index contributed by atoms with van der Waals surface area (Å²) in [6.07, 6.45) is 4.92. The van der Waals surface area contributed by atoms with E-state index in [0.717, 1.165) is 17.9 Å². The molecule has 0 fully saturated rings. The highest BCUT2D eigenvalue weighted by molar-refractivity contribution is 7.80. The number of unbranched alkanes of at least 4 members (excludes halogenated alkanes) is 2. The zero-order valence-corrected chi connectivity index (χ0v) is 12.8. The number of benzene rings is 1. The van der Waals surface area contributed by atoms with Crippen LogP contribution in [0.15, 0.2) is 24.3 Å². The molecule has 0 amide bonds. The third kappa shape index (κ3) is 6.43. The molecular formula is C15H24N2OS. The number of nitrogens with one attached hydrogen (secondary N) is 2. The van der Waals surface area contributed by atoms with Crippen LogP contribution in [0, 0.1) is 0 Å². The molecule has 0 aliphatic rings. The number of hydrogen-bond acceptors (Lipinski definition) is 2. The fourth-order valence-electron chi connectivity index (χ4n) is 1.86. The van der Waals surface area contributed by atoms with Gasteiger partial charge in [-0.25, -0.2) is 0 Å². The number of methoxy groups -OCH3 is 1. The van der Waals surface area contributed by atoms with Crippen molar-refractivity contribution in [3.63, 3.8) is 0 Å². The normalized spacial score (nSPS) is 11.7. The minimum absolute atomic E-state index is 0.400. The Balaban J connectivity index is 2.37. The van der Waals surface area contributed by atoms with E-state index in [2.05, 4.69) is 24.5 Å². The number of rotatable bonds is 7. The number of ether oxygens (including phenoxy) is 1. The third-order valence-electron chi connectivity index (χ3n) is 2.95. The summed E-state index contributed by atoms with van der Waals surface area (Å²) in [5.41, 5.74) is 0.942. The molecule has 106 valence electrons. The average molecular weight is 280 g/mol. The van der Waals surface area contributed by atoms with Crippen LogP contribution in [0.5, 0.6) is 5.75 Å². The second-order valence-corrected chi connectivity index (χ2v) is 5.14. The molecule has 3 nitrogen and oxygen atoms in total. The molecular weight excluding hydrogens is 256 g/mol. The van der Waals surface area contributed by atoms with Crippen molar-refractivity contribution < 1.29 is 4.74 Å². The molecule has 1 atom stereocenters. The molecule has 0 aliphatic carbocycles. The lowest BCUT2D eigenvalue weighted by Crippen LogP contribution is -2.35. The van der Waals surface area contributed by atoms with Gasteiger partial charge in [0.15, 0.2) is 5.11 Å². The Morgan fingerprint density at radius 1 is 1.37 bits per heavy atom. The van der Waals surface area contributed by atoms with Crippen LogP contribution in [-0.2, 0) is 0 Å². The fourth-order valence-corrected chi connectivity index (χ4v) is 2.18. The summed E-state index contributed by atoms with van der Waals surface area (Å²) in [7, 11) is 1.66. The standard InChI is InChI=1S/C15H24N2OS/c1-4-5-6-8-12(2)16-15(19)17-13-9-7-10-14(11-13)18-3/h7,9-12H,4-6,8H2,1-3H3,(H2,16,17,19)/t12-/m1/s1. The number of hydrogen-bond donors (Lipinski definition) is 2. The van der Waals surface area contributed by atoms with Gasteiger partial charge in [-0.05, 0) is 37.7 Å². The van der Waals surface area contributed by atoms with E-state index in [1.807, 2.05) is 24.3 Å². The van der Waals surface area contributed by atoms with Crippen LogP contribution in [0.25, 0.3) is 0 Å². The molecule has 19 heavy (non-hydrogen) atoms. The molecule has 0 saturated carbocycles. The van der Waals surface area contributed by atoms with Crippen LogP contribution in [0.4, 0.5) is 5.69 Å². The van der Waals surface area contributed by atoms with Gasteiger partial charge >= 0.3 is 0 Å². The minimum atomic E-state index is 0.400. The van der Waals surface area contributed by atoms with Gasteiger partial charge in [-0.3, -0.25) is 0 Å². The molecule has 0 spiro atoms. The third-order valence-corrected chi connectivity index (χ3v) is 3.17. The van der Waals surface area contributed by atoms with Crippen molar-refractivity contribution in [3.8, 4) is 5.75 Å². The Hall–Kier alpha value is -1.29. The number of thiocarbonyl (C=S) groups is 1. The van der Waals surface area contributed by atoms with Crippen molar-refractivity contribution in [1.82, 2.24) is 5.32 Å². The SMILES string of the molecule is CCCCC[C@@H](C)NC(=S)Nc1cccc(OC)c1. The lowest BCUT2D eigenvalue weighted by Gasteiger charge is -2.17. The summed E-state index contributed by atoms with van der Waals surface area (Å²) in [6.45, 7) is 4.38. The van der Waals surface area contributed by atoms with E-state index in [0.29, 0.717) is 11.2 Å². The van der Waals surface area contributed by atoms with Gasteiger partial charge in [0, 0.05) is 17.8 Å². The summed E-state index contributed by atoms with van der Waals surface area (Å²) in [5.74, 6) is 0.823. The summed E-state index contributed by atoms with van der Waals surface area (Å²) < 4.78 is 5.18. The second kappa shape index (κ2) is 8.75. The van der Waals surface area contributed by atoms with Crippen molar-refractivity contribution in [2.75, 3.05) is 12.4 Å². The molecule has 1 aromatic carbocycles. The van der Waals surface area contributed by atoms with Gasteiger partial charge < -0.3 is 15.4 Å². The second-order valence-electron chi connectivity index (χ2n) is 4.73. The fraction of sp³-hybridized carbons (Fsp3) is 0.533. The lowest BCUT2D eigenvalue weighted by molar-refractivity contribution is 0.415. The van der Waals surface area contributed by atoms with Crippen molar-refractivity contribution in [2.45, 2.75) is 45.6 Å². The smallest absolute Gasteiger partial charge is 0.170 e. The molecule has 2 N–H and O–H groups in total. The van der Waals surface area contributed by atoms with E-state index in [1.54, 1.807) is 7.11 Å². The average Bonchev–Trinajstić information content (AvgIpc) is 2.39. The van der Waals surface area contributed by atoms with Crippen molar-refractivity contribution in [2.24, 2.45) is 0 Å². The van der Waals surface area contributed by atoms with Gasteiger partial charge in [0.25, 0.3) is 0 Å². The maximum atomic E-state index is 5.31. The van der Waals surface area contributed by atoms with Crippen LogP contribution >= 0.6 is 12.2 Å². The van der Waals surface area contributed by atoms with Gasteiger partial charge in [0.1, 0.15) is 5.75 Å². The van der Waals surface area contributed by atoms with Crippen molar-refractivity contribution in [1.29, 1.82) is 0 Å². The minimum Gasteiger partial charge on any atom is -0.497 e. The van der Waals surface area contributed by atoms with E-state index >= 15 is 0 Å². The molecule has 0 heterocycles. The van der Waals surface area contributed by atoms with Crippen LogP contribution < -0.4 is 15.4 Å². The quantitative estimate of drug-likeness (QED) is 0.585. The van der Waals surface area contributed by atoms with Gasteiger partial charge in [0.05, 0.1) is 7.11 Å². The van der Waals surface area contributed by atoms with E-state index in [1.165, 1.54) is 19.3 Å². The van der Waals surface area contributed by atoms with Gasteiger partial charge in [-0.2, -0.15) is 0 Å². The summed E-state index contributed by atoms with van der Waals surface area (Å²) >= 11 is 5.31. The molecule has 0 radical (unpaired) electrons. The van der Waals surface area contributed by atoms with Crippen LogP contribution in [-0.4, -0.2) is 18.3 Å². The van der Waals surface area contributed by atoms with Gasteiger partial charge in [-0.15, -0.1) is 0 Å². The van der Waals surface area contributed by atoms with Gasteiger partial charge in [-0.1, -0.05) is 32.3 Å². The zero-order valence-electron chi connectivity index (χ0n) is 12.0. The first-order valence-electron chi connectivity index (χ1n) is 6.87. The van der Waals surface area contributed by atoms with Crippen LogP contribution in [0.1, 0.15) is 39.5 Å². The molecule has 0 saturated heterocycles. The summed E-state index contributed by atoms with van der Waals surface area (Å²) in [4.78, 5) is 0. The first kappa shape index (κ1) is 15.8. The van der Waals surface area contributed by atoms with Crippen molar-refractivity contribution in [3.05, 3.63) is 24.3 Å². The largest absolute Gasteiger partial charge is 0.497 e. The maximum absolute atomic E-state index is 5.31. The van der Waals surface area contributed by atoms with E-state index in [4.69, 9.17) is 17.0 Å². The zero-order chi connectivity index (χ0) is 14.1. The van der Waals surface area contributed by atoms with E-state index < -0.39 is 0 Å². The summed E-state index contributed by atoms with van der Waals surface area (Å²) in [5, 5.41) is 7.15. The number of anilines is 1. The van der Waals surface area contributed by atoms with E-state index in [9.17, 15) is 0 Å². The first-order valence-corrected chi connectivity index (χ1v) is 7.28. The Labute approximate surface area is 121 Å². The Bertz CT molecular complexity index is 395. The molecule has 0 aromatic heterocycles. The van der Waals surface area contributed by atoms with Crippen LogP contribution in [0.2, 0.25) is 0 Å². The topological polar surface area (TPSA) is 33.3 Å². The van der Waals surface area contributed by atoms with Gasteiger partial charge in [0.2, 0.25) is 0 Å². The highest BCUT2D eigenvalue weighted by Gasteiger charge is 2.04.